The molecule has 0 saturated heterocycles. The number of esters is 1. The summed E-state index contributed by atoms with van der Waals surface area (Å²) >= 11 is 0. The van der Waals surface area contributed by atoms with Crippen LogP contribution in [0.2, 0.25) is 0 Å². The zero-order valence-corrected chi connectivity index (χ0v) is 29.9. The Morgan fingerprint density at radius 1 is 0.587 bits per heavy atom. The standard InChI is InChI=1S/C37H70N2O7/c1-30(2)23-19-15-11-7-5-9-13-17-21-25-32(27-34(41)38-28-35(42)39-33(29-40)37(44)45)46-36(43)26-22-18-14-10-6-8-12-16-20-24-31(3)4/h30-33,40H,5-29H2,1-4H3,(H,38,41)(H,39,42)(H,44,45)/t32?,33-/m0/s1. The first kappa shape index (κ1) is 43.8. The molecule has 0 spiro atoms. The van der Waals surface area contributed by atoms with E-state index in [0.29, 0.717) is 12.8 Å². The second-order valence-electron chi connectivity index (χ2n) is 14.0. The van der Waals surface area contributed by atoms with E-state index in [1.54, 1.807) is 0 Å². The van der Waals surface area contributed by atoms with E-state index in [9.17, 15) is 19.2 Å². The van der Waals surface area contributed by atoms with E-state index in [0.717, 1.165) is 50.4 Å². The van der Waals surface area contributed by atoms with Gasteiger partial charge in [-0.1, -0.05) is 143 Å². The number of hydrogen-bond donors (Lipinski definition) is 4. The van der Waals surface area contributed by atoms with Gasteiger partial charge < -0.3 is 25.6 Å². The molecule has 1 unspecified atom stereocenters. The quantitative estimate of drug-likeness (QED) is 0.0427. The lowest BCUT2D eigenvalue weighted by Crippen LogP contribution is -2.47. The van der Waals surface area contributed by atoms with Gasteiger partial charge in [0.05, 0.1) is 19.6 Å². The first-order valence-corrected chi connectivity index (χ1v) is 18.6. The van der Waals surface area contributed by atoms with Crippen molar-refractivity contribution in [3.8, 4) is 0 Å². The molecule has 0 aliphatic rings. The number of carbonyl (C=O) groups is 4. The van der Waals surface area contributed by atoms with Crippen molar-refractivity contribution in [2.45, 2.75) is 188 Å². The summed E-state index contributed by atoms with van der Waals surface area (Å²) in [7, 11) is 0. The van der Waals surface area contributed by atoms with E-state index in [2.05, 4.69) is 38.3 Å². The highest BCUT2D eigenvalue weighted by atomic mass is 16.5. The van der Waals surface area contributed by atoms with Gasteiger partial charge in [-0.05, 0) is 31.1 Å². The fourth-order valence-corrected chi connectivity index (χ4v) is 5.56. The van der Waals surface area contributed by atoms with E-state index in [1.807, 2.05) is 0 Å². The first-order valence-electron chi connectivity index (χ1n) is 18.6. The van der Waals surface area contributed by atoms with Gasteiger partial charge in [0.15, 0.2) is 0 Å². The van der Waals surface area contributed by atoms with Gasteiger partial charge in [0.25, 0.3) is 0 Å². The molecule has 0 heterocycles. The number of carboxylic acid groups (broad SMARTS) is 1. The Balaban J connectivity index is 4.43. The van der Waals surface area contributed by atoms with Crippen molar-refractivity contribution in [3.05, 3.63) is 0 Å². The summed E-state index contributed by atoms with van der Waals surface area (Å²) in [5.41, 5.74) is 0. The molecule has 0 saturated carbocycles. The average Bonchev–Trinajstić information content (AvgIpc) is 2.99. The van der Waals surface area contributed by atoms with Crippen molar-refractivity contribution in [1.29, 1.82) is 0 Å². The molecule has 46 heavy (non-hydrogen) atoms. The highest BCUT2D eigenvalue weighted by molar-refractivity contribution is 5.88. The largest absolute Gasteiger partial charge is 0.480 e. The van der Waals surface area contributed by atoms with Gasteiger partial charge in [-0.25, -0.2) is 4.79 Å². The predicted molar refractivity (Wildman–Crippen MR) is 185 cm³/mol. The van der Waals surface area contributed by atoms with Crippen LogP contribution in [0, 0.1) is 11.8 Å². The predicted octanol–water partition coefficient (Wildman–Crippen LogP) is 7.86. The summed E-state index contributed by atoms with van der Waals surface area (Å²) in [5, 5.41) is 22.7. The smallest absolute Gasteiger partial charge is 0.328 e. The molecule has 9 heteroatoms. The Labute approximate surface area is 280 Å². The molecule has 0 aliphatic heterocycles. The highest BCUT2D eigenvalue weighted by Crippen LogP contribution is 2.17. The van der Waals surface area contributed by atoms with Crippen LogP contribution < -0.4 is 10.6 Å². The van der Waals surface area contributed by atoms with Crippen molar-refractivity contribution >= 4 is 23.8 Å². The van der Waals surface area contributed by atoms with Crippen molar-refractivity contribution in [2.24, 2.45) is 11.8 Å². The third-order valence-corrected chi connectivity index (χ3v) is 8.44. The van der Waals surface area contributed by atoms with Crippen molar-refractivity contribution in [2.75, 3.05) is 13.2 Å². The molecule has 9 nitrogen and oxygen atoms in total. The van der Waals surface area contributed by atoms with E-state index >= 15 is 0 Å². The number of hydrogen-bond acceptors (Lipinski definition) is 6. The molecule has 0 aromatic carbocycles. The van der Waals surface area contributed by atoms with Gasteiger partial charge >= 0.3 is 11.9 Å². The van der Waals surface area contributed by atoms with Crippen LogP contribution in [0.3, 0.4) is 0 Å². The summed E-state index contributed by atoms with van der Waals surface area (Å²) in [6.45, 7) is 7.93. The molecule has 0 aromatic heterocycles. The zero-order valence-electron chi connectivity index (χ0n) is 29.9. The lowest BCUT2D eigenvalue weighted by atomic mass is 10.0. The number of aliphatic hydroxyl groups excluding tert-OH is 1. The molecule has 0 radical (unpaired) electrons. The Morgan fingerprint density at radius 2 is 1.00 bits per heavy atom. The van der Waals surface area contributed by atoms with E-state index in [-0.39, 0.29) is 12.4 Å². The van der Waals surface area contributed by atoms with Crippen LogP contribution in [0.25, 0.3) is 0 Å². The Bertz CT molecular complexity index is 788. The number of carbonyl (C=O) groups excluding carboxylic acids is 3. The molecular formula is C37H70N2O7. The summed E-state index contributed by atoms with van der Waals surface area (Å²) in [6.07, 6.45) is 24.1. The molecule has 0 fully saturated rings. The van der Waals surface area contributed by atoms with Crippen molar-refractivity contribution in [3.63, 3.8) is 0 Å². The van der Waals surface area contributed by atoms with Crippen molar-refractivity contribution < 1.29 is 34.1 Å². The van der Waals surface area contributed by atoms with Gasteiger partial charge in [-0.3, -0.25) is 14.4 Å². The van der Waals surface area contributed by atoms with Crippen LogP contribution in [0.5, 0.6) is 0 Å². The average molecular weight is 655 g/mol. The lowest BCUT2D eigenvalue weighted by Gasteiger charge is -2.18. The maximum atomic E-state index is 12.6. The SMILES string of the molecule is CC(C)CCCCCCCCCCCC(=O)OC(CCCCCCCCCCCC(C)C)CC(=O)NCC(=O)N[C@@H](CO)C(=O)O. The summed E-state index contributed by atoms with van der Waals surface area (Å²) in [4.78, 5) is 48.2. The van der Waals surface area contributed by atoms with Crippen LogP contribution in [-0.4, -0.2) is 59.3 Å². The number of rotatable bonds is 32. The lowest BCUT2D eigenvalue weighted by molar-refractivity contribution is -0.151. The summed E-state index contributed by atoms with van der Waals surface area (Å²) in [5.74, 6) is -1.22. The number of nitrogens with one attached hydrogen (secondary N) is 2. The van der Waals surface area contributed by atoms with Gasteiger partial charge in [0.2, 0.25) is 11.8 Å². The van der Waals surface area contributed by atoms with Crippen molar-refractivity contribution in [1.82, 2.24) is 10.6 Å². The van der Waals surface area contributed by atoms with Gasteiger partial charge in [0, 0.05) is 6.42 Å². The van der Waals surface area contributed by atoms with E-state index in [4.69, 9.17) is 14.9 Å². The number of amides is 2. The van der Waals surface area contributed by atoms with Gasteiger partial charge in [0.1, 0.15) is 12.1 Å². The summed E-state index contributed by atoms with van der Waals surface area (Å²) in [6, 6.07) is -1.43. The van der Waals surface area contributed by atoms with Crippen LogP contribution >= 0.6 is 0 Å². The Hall–Kier alpha value is -2.16. The topological polar surface area (TPSA) is 142 Å². The minimum Gasteiger partial charge on any atom is -0.480 e. The Kier molecular flexibility index (Phi) is 28.8. The summed E-state index contributed by atoms with van der Waals surface area (Å²) < 4.78 is 5.73. The fourth-order valence-electron chi connectivity index (χ4n) is 5.56. The zero-order chi connectivity index (χ0) is 34.4. The fraction of sp³-hybridized carbons (Fsp3) is 0.892. The van der Waals surface area contributed by atoms with Crippen LogP contribution in [0.4, 0.5) is 0 Å². The molecule has 2 atom stereocenters. The minimum absolute atomic E-state index is 0.0467. The van der Waals surface area contributed by atoms with Crippen LogP contribution in [-0.2, 0) is 23.9 Å². The molecule has 4 N–H and O–H groups in total. The molecule has 2 amide bonds. The van der Waals surface area contributed by atoms with E-state index in [1.165, 1.54) is 89.9 Å². The first-order chi connectivity index (χ1) is 22.0. The third kappa shape index (κ3) is 29.3. The monoisotopic (exact) mass is 655 g/mol. The number of unbranched alkanes of at least 4 members (excludes halogenated alkanes) is 16. The molecule has 0 aromatic rings. The molecular weight excluding hydrogens is 584 g/mol. The highest BCUT2D eigenvalue weighted by Gasteiger charge is 2.21. The minimum atomic E-state index is -1.43. The number of carboxylic acids is 1. The third-order valence-electron chi connectivity index (χ3n) is 8.44. The Morgan fingerprint density at radius 3 is 1.41 bits per heavy atom. The maximum Gasteiger partial charge on any atom is 0.328 e. The number of ether oxygens (including phenoxy) is 1. The molecule has 0 bridgehead atoms. The number of aliphatic hydroxyl groups is 1. The second-order valence-corrected chi connectivity index (χ2v) is 14.0. The normalized spacial score (nSPS) is 12.7. The van der Waals surface area contributed by atoms with Crippen LogP contribution in [0.1, 0.15) is 175 Å². The molecule has 0 rings (SSSR count). The van der Waals surface area contributed by atoms with Crippen LogP contribution in [0.15, 0.2) is 0 Å². The van der Waals surface area contributed by atoms with Gasteiger partial charge in [-0.15, -0.1) is 0 Å². The molecule has 0 aliphatic carbocycles. The number of aliphatic carboxylic acids is 1. The molecule has 270 valence electrons. The maximum absolute atomic E-state index is 12.6. The van der Waals surface area contributed by atoms with Gasteiger partial charge in [-0.2, -0.15) is 0 Å². The second kappa shape index (κ2) is 30.2. The van der Waals surface area contributed by atoms with E-state index < -0.39 is 43.1 Å².